The lowest BCUT2D eigenvalue weighted by molar-refractivity contribution is -0.0717. The Balaban J connectivity index is 2.01. The van der Waals surface area contributed by atoms with E-state index in [4.69, 9.17) is 10.6 Å². The molecule has 1 aliphatic rings. The van der Waals surface area contributed by atoms with Crippen molar-refractivity contribution in [1.82, 2.24) is 19.7 Å². The maximum Gasteiger partial charge on any atom is 0.185 e. The Kier molecular flexibility index (Phi) is 4.01. The number of aromatic amines is 1. The highest BCUT2D eigenvalue weighted by atomic mass is 16.6. The molecule has 0 radical (unpaired) electrons. The van der Waals surface area contributed by atoms with E-state index in [0.29, 0.717) is 11.0 Å². The van der Waals surface area contributed by atoms with Crippen LogP contribution in [0.4, 0.5) is 0 Å². The predicted octanol–water partition coefficient (Wildman–Crippen LogP) is -2.46. The second-order valence-electron chi connectivity index (χ2n) is 5.02. The molecule has 2 aromatic rings. The number of hydrogen-bond donors (Lipinski definition) is 5. The Morgan fingerprint density at radius 3 is 2.96 bits per heavy atom. The van der Waals surface area contributed by atoms with E-state index in [-0.39, 0.29) is 5.49 Å². The summed E-state index contributed by atoms with van der Waals surface area (Å²) in [6.45, 7) is 1.55. The van der Waals surface area contributed by atoms with Gasteiger partial charge in [0.15, 0.2) is 11.7 Å². The van der Waals surface area contributed by atoms with Crippen LogP contribution in [0.25, 0.3) is 11.0 Å². The van der Waals surface area contributed by atoms with Gasteiger partial charge >= 0.3 is 0 Å². The van der Waals surface area contributed by atoms with E-state index < -0.39 is 30.6 Å². The number of aliphatic hydroxyl groups excluding tert-OH is 3. The van der Waals surface area contributed by atoms with Crippen LogP contribution >= 0.6 is 0 Å². The molecule has 2 aromatic heterocycles. The molecular weight excluding hydrogens is 304 g/mol. The van der Waals surface area contributed by atoms with Crippen molar-refractivity contribution in [2.75, 3.05) is 0 Å². The van der Waals surface area contributed by atoms with Gasteiger partial charge in [0.05, 0.1) is 17.9 Å². The van der Waals surface area contributed by atoms with Crippen LogP contribution in [-0.2, 0) is 4.74 Å². The molecule has 0 unspecified atom stereocenters. The number of ether oxygens (including phenoxy) is 1. The van der Waals surface area contributed by atoms with E-state index in [2.05, 4.69) is 32.0 Å². The topological polar surface area (TPSA) is 155 Å². The first kappa shape index (κ1) is 15.4. The Morgan fingerprint density at radius 1 is 1.48 bits per heavy atom. The summed E-state index contributed by atoms with van der Waals surface area (Å²) in [5.74, 6) is 10.3. The molecule has 23 heavy (non-hydrogen) atoms. The average molecular weight is 320 g/mol. The van der Waals surface area contributed by atoms with Crippen molar-refractivity contribution in [3.8, 4) is 11.8 Å². The smallest absolute Gasteiger partial charge is 0.185 e. The zero-order valence-electron chi connectivity index (χ0n) is 12.2. The van der Waals surface area contributed by atoms with Crippen molar-refractivity contribution in [1.29, 1.82) is 0 Å². The van der Waals surface area contributed by atoms with Gasteiger partial charge in [-0.05, 0) is 6.92 Å². The molecule has 1 fully saturated rings. The lowest BCUT2D eigenvalue weighted by Crippen LogP contribution is -2.38. The molecule has 0 bridgehead atoms. The van der Waals surface area contributed by atoms with Crippen LogP contribution in [0, 0.1) is 11.8 Å². The minimum absolute atomic E-state index is 0.270. The number of hydrogen-bond acceptors (Lipinski definition) is 8. The molecule has 0 amide bonds. The summed E-state index contributed by atoms with van der Waals surface area (Å²) in [5.41, 5.74) is 0.726. The molecule has 122 valence electrons. The van der Waals surface area contributed by atoms with Crippen molar-refractivity contribution in [3.63, 3.8) is 0 Å². The zero-order valence-corrected chi connectivity index (χ0v) is 12.2. The van der Waals surface area contributed by atoms with Crippen molar-refractivity contribution >= 4 is 11.0 Å². The van der Waals surface area contributed by atoms with Crippen molar-refractivity contribution < 1.29 is 20.1 Å². The maximum absolute atomic E-state index is 10.2. The maximum atomic E-state index is 10.2. The van der Waals surface area contributed by atoms with Crippen molar-refractivity contribution in [2.45, 2.75) is 37.6 Å². The lowest BCUT2D eigenvalue weighted by Gasteiger charge is -2.16. The number of H-pyrrole nitrogens is 1. The van der Waals surface area contributed by atoms with Gasteiger partial charge in [-0.25, -0.2) is 9.67 Å². The summed E-state index contributed by atoms with van der Waals surface area (Å²) in [6, 6.07) is 0. The normalized spacial score (nSPS) is 29.5. The molecule has 3 heterocycles. The number of nitrogens with zero attached hydrogens (tertiary/aromatic N) is 4. The van der Waals surface area contributed by atoms with E-state index in [1.54, 1.807) is 6.92 Å². The fraction of sp³-hybridized carbons (Fsp3) is 0.462. The van der Waals surface area contributed by atoms with Gasteiger partial charge in [-0.1, -0.05) is 5.92 Å². The second kappa shape index (κ2) is 5.98. The molecule has 10 heteroatoms. The first-order valence-corrected chi connectivity index (χ1v) is 6.85. The minimum Gasteiger partial charge on any atom is -0.387 e. The molecule has 0 saturated carbocycles. The van der Waals surface area contributed by atoms with Crippen LogP contribution in [0.2, 0.25) is 0 Å². The van der Waals surface area contributed by atoms with Gasteiger partial charge in [0.25, 0.3) is 0 Å². The Morgan fingerprint density at radius 2 is 2.26 bits per heavy atom. The molecule has 10 nitrogen and oxygen atoms in total. The van der Waals surface area contributed by atoms with Gasteiger partial charge in [-0.15, -0.1) is 5.92 Å². The fourth-order valence-corrected chi connectivity index (χ4v) is 2.57. The summed E-state index contributed by atoms with van der Waals surface area (Å²) in [5, 5.41) is 38.4. The number of fused-ring (bicyclic) bond motifs is 1. The van der Waals surface area contributed by atoms with E-state index in [1.807, 2.05) is 0 Å². The molecule has 3 rings (SSSR count). The largest absolute Gasteiger partial charge is 0.387 e. The molecule has 0 spiro atoms. The summed E-state index contributed by atoms with van der Waals surface area (Å²) >= 11 is 0. The predicted molar refractivity (Wildman–Crippen MR) is 77.0 cm³/mol. The number of rotatable bonds is 2. The van der Waals surface area contributed by atoms with Gasteiger partial charge in [-0.2, -0.15) is 10.2 Å². The quantitative estimate of drug-likeness (QED) is 0.233. The van der Waals surface area contributed by atoms with Gasteiger partial charge in [0.1, 0.15) is 30.1 Å². The van der Waals surface area contributed by atoms with Gasteiger partial charge in [0, 0.05) is 0 Å². The van der Waals surface area contributed by atoms with Crippen LogP contribution < -0.4 is 11.3 Å². The van der Waals surface area contributed by atoms with E-state index in [1.165, 1.54) is 17.2 Å². The van der Waals surface area contributed by atoms with Crippen LogP contribution in [0.3, 0.4) is 0 Å². The first-order chi connectivity index (χ1) is 11.1. The molecule has 1 aliphatic heterocycles. The number of nitrogens with one attached hydrogen (secondary N) is 1. The number of aliphatic hydroxyl groups is 3. The van der Waals surface area contributed by atoms with Crippen LogP contribution in [0.15, 0.2) is 17.6 Å². The third-order valence-electron chi connectivity index (χ3n) is 3.67. The third-order valence-corrected chi connectivity index (χ3v) is 3.67. The van der Waals surface area contributed by atoms with Crippen molar-refractivity contribution in [2.24, 2.45) is 10.9 Å². The van der Waals surface area contributed by atoms with Crippen LogP contribution in [0.1, 0.15) is 13.2 Å². The SMILES string of the molecule is CC#C[C@@H](O)[C@H]1O[C@@H](n2ncc3/c(=N\N)nc[nH]c32)[C@H](O)[C@@H]1O. The molecule has 5 atom stereocenters. The highest BCUT2D eigenvalue weighted by Crippen LogP contribution is 2.31. The Hall–Kier alpha value is -2.45. The highest BCUT2D eigenvalue weighted by molar-refractivity contribution is 5.72. The average Bonchev–Trinajstić information content (AvgIpc) is 3.10. The minimum atomic E-state index is -1.31. The highest BCUT2D eigenvalue weighted by Gasteiger charge is 2.47. The van der Waals surface area contributed by atoms with E-state index in [9.17, 15) is 15.3 Å². The molecule has 0 aliphatic carbocycles. The van der Waals surface area contributed by atoms with Crippen LogP contribution in [-0.4, -0.2) is 59.5 Å². The van der Waals surface area contributed by atoms with E-state index in [0.717, 1.165) is 0 Å². The van der Waals surface area contributed by atoms with Crippen LogP contribution in [0.5, 0.6) is 0 Å². The Bertz CT molecular complexity index is 834. The molecule has 1 saturated heterocycles. The van der Waals surface area contributed by atoms with Crippen molar-refractivity contribution in [3.05, 3.63) is 18.0 Å². The number of nitrogens with two attached hydrogens (primary N) is 1. The number of aromatic nitrogens is 4. The monoisotopic (exact) mass is 320 g/mol. The molecule has 6 N–H and O–H groups in total. The van der Waals surface area contributed by atoms with Gasteiger partial charge in [-0.3, -0.25) is 0 Å². The first-order valence-electron chi connectivity index (χ1n) is 6.85. The third kappa shape index (κ3) is 2.45. The summed E-state index contributed by atoms with van der Waals surface area (Å²) in [7, 11) is 0. The summed E-state index contributed by atoms with van der Waals surface area (Å²) in [6.07, 6.45) is -3.06. The Labute approximate surface area is 130 Å². The molecular formula is C13H16N6O4. The zero-order chi connectivity index (χ0) is 16.6. The van der Waals surface area contributed by atoms with Gasteiger partial charge < -0.3 is 30.9 Å². The summed E-state index contributed by atoms with van der Waals surface area (Å²) < 4.78 is 6.91. The van der Waals surface area contributed by atoms with E-state index >= 15 is 0 Å². The fourth-order valence-electron chi connectivity index (χ4n) is 2.57. The summed E-state index contributed by atoms with van der Waals surface area (Å²) in [4.78, 5) is 6.82. The standard InChI is InChI=1S/C13H16N6O4/c1-2-3-7(20)10-8(21)9(22)13(23-10)19-12-6(4-17-19)11(18-14)15-5-16-12/h4-5,7-10,13,20-22H,14H2,1H3,(H,15,16,18)/t7-,8+,9-,10-,13-/m1/s1. The lowest BCUT2D eigenvalue weighted by atomic mass is 10.1. The second-order valence-corrected chi connectivity index (χ2v) is 5.02. The van der Waals surface area contributed by atoms with Gasteiger partial charge in [0.2, 0.25) is 0 Å². The molecule has 0 aromatic carbocycles.